The van der Waals surface area contributed by atoms with Crippen molar-refractivity contribution in [1.29, 1.82) is 0 Å². The quantitative estimate of drug-likeness (QED) is 0.745. The molecule has 0 radical (unpaired) electrons. The van der Waals surface area contributed by atoms with Crippen molar-refractivity contribution in [2.75, 3.05) is 0 Å². The second kappa shape index (κ2) is 6.43. The largest absolute Gasteiger partial charge is 0.299 e. The zero-order chi connectivity index (χ0) is 13.9. The summed E-state index contributed by atoms with van der Waals surface area (Å²) >= 11 is 3.55. The van der Waals surface area contributed by atoms with E-state index in [1.807, 2.05) is 18.2 Å². The third-order valence-electron chi connectivity index (χ3n) is 5.32. The number of halogens is 1. The van der Waals surface area contributed by atoms with E-state index in [4.69, 9.17) is 0 Å². The Bertz CT molecular complexity index is 482. The summed E-state index contributed by atoms with van der Waals surface area (Å²) in [6.07, 6.45) is 9.75. The standard InChI is InChI=1S/C18H23BrO/c19-17-8-4-3-7-15(17)12-18(20)16-10-9-13-5-1-2-6-14(13)11-16/h3-4,7-8,13-14,16H,1-2,5-6,9-12H2. The van der Waals surface area contributed by atoms with Crippen molar-refractivity contribution in [3.05, 3.63) is 34.3 Å². The minimum atomic E-state index is 0.321. The Balaban J connectivity index is 1.62. The van der Waals surface area contributed by atoms with E-state index in [0.29, 0.717) is 18.1 Å². The smallest absolute Gasteiger partial charge is 0.140 e. The Morgan fingerprint density at radius 2 is 1.80 bits per heavy atom. The summed E-state index contributed by atoms with van der Waals surface area (Å²) in [5.41, 5.74) is 1.14. The van der Waals surface area contributed by atoms with E-state index >= 15 is 0 Å². The number of carbonyl (C=O) groups is 1. The lowest BCUT2D eigenvalue weighted by Gasteiger charge is -2.38. The van der Waals surface area contributed by atoms with E-state index in [1.54, 1.807) is 0 Å². The lowest BCUT2D eigenvalue weighted by molar-refractivity contribution is -0.124. The highest BCUT2D eigenvalue weighted by molar-refractivity contribution is 9.10. The van der Waals surface area contributed by atoms with Crippen LogP contribution in [0.5, 0.6) is 0 Å². The molecule has 0 amide bonds. The van der Waals surface area contributed by atoms with Gasteiger partial charge in [0.25, 0.3) is 0 Å². The lowest BCUT2D eigenvalue weighted by atomic mass is 9.66. The number of fused-ring (bicyclic) bond motifs is 1. The first-order chi connectivity index (χ1) is 9.74. The van der Waals surface area contributed by atoms with Crippen molar-refractivity contribution >= 4 is 21.7 Å². The highest BCUT2D eigenvalue weighted by Crippen LogP contribution is 2.43. The van der Waals surface area contributed by atoms with Crippen LogP contribution in [0.4, 0.5) is 0 Å². The topological polar surface area (TPSA) is 17.1 Å². The van der Waals surface area contributed by atoms with Crippen LogP contribution in [0.3, 0.4) is 0 Å². The normalized spacial score (nSPS) is 29.8. The summed E-state index contributed by atoms with van der Waals surface area (Å²) in [5.74, 6) is 2.55. The Morgan fingerprint density at radius 1 is 1.05 bits per heavy atom. The average Bonchev–Trinajstić information content (AvgIpc) is 2.49. The maximum Gasteiger partial charge on any atom is 0.140 e. The fraction of sp³-hybridized carbons (Fsp3) is 0.611. The number of hydrogen-bond donors (Lipinski definition) is 0. The molecule has 1 aromatic rings. The molecule has 1 aromatic carbocycles. The van der Waals surface area contributed by atoms with E-state index in [0.717, 1.165) is 34.7 Å². The molecule has 20 heavy (non-hydrogen) atoms. The van der Waals surface area contributed by atoms with Gasteiger partial charge in [-0.3, -0.25) is 4.79 Å². The molecule has 2 saturated carbocycles. The van der Waals surface area contributed by atoms with Crippen molar-refractivity contribution in [2.24, 2.45) is 17.8 Å². The number of ketones is 1. The number of benzene rings is 1. The van der Waals surface area contributed by atoms with Gasteiger partial charge < -0.3 is 0 Å². The summed E-state index contributed by atoms with van der Waals surface area (Å²) in [4.78, 5) is 12.6. The van der Waals surface area contributed by atoms with Crippen LogP contribution in [0.2, 0.25) is 0 Å². The predicted octanol–water partition coefficient (Wildman–Crippen LogP) is 5.17. The first-order valence-corrected chi connectivity index (χ1v) is 8.79. The van der Waals surface area contributed by atoms with Crippen LogP contribution in [0, 0.1) is 17.8 Å². The van der Waals surface area contributed by atoms with Gasteiger partial charge >= 0.3 is 0 Å². The molecule has 3 unspecified atom stereocenters. The number of rotatable bonds is 3. The average molecular weight is 335 g/mol. The van der Waals surface area contributed by atoms with Crippen molar-refractivity contribution in [3.63, 3.8) is 0 Å². The van der Waals surface area contributed by atoms with Gasteiger partial charge in [0.15, 0.2) is 0 Å². The maximum atomic E-state index is 12.6. The Hall–Kier alpha value is -0.630. The van der Waals surface area contributed by atoms with Crippen LogP contribution >= 0.6 is 15.9 Å². The molecule has 0 aliphatic heterocycles. The fourth-order valence-electron chi connectivity index (χ4n) is 4.14. The molecule has 1 nitrogen and oxygen atoms in total. The first-order valence-electron chi connectivity index (χ1n) is 8.00. The molecule has 108 valence electrons. The molecule has 2 heteroatoms. The minimum Gasteiger partial charge on any atom is -0.299 e. The van der Waals surface area contributed by atoms with Crippen LogP contribution in [0.25, 0.3) is 0 Å². The second-order valence-corrected chi connectivity index (χ2v) is 7.40. The van der Waals surface area contributed by atoms with Gasteiger partial charge in [0, 0.05) is 16.8 Å². The molecule has 0 saturated heterocycles. The van der Waals surface area contributed by atoms with Gasteiger partial charge in [-0.2, -0.15) is 0 Å². The fourth-order valence-corrected chi connectivity index (χ4v) is 4.56. The Kier molecular flexibility index (Phi) is 4.60. The van der Waals surface area contributed by atoms with Crippen molar-refractivity contribution in [1.82, 2.24) is 0 Å². The molecule has 3 rings (SSSR count). The minimum absolute atomic E-state index is 0.321. The van der Waals surface area contributed by atoms with E-state index in [-0.39, 0.29) is 0 Å². The SMILES string of the molecule is O=C(Cc1ccccc1Br)C1CCC2CCCCC2C1. The van der Waals surface area contributed by atoms with E-state index in [9.17, 15) is 4.79 Å². The van der Waals surface area contributed by atoms with Crippen LogP contribution in [0.1, 0.15) is 50.5 Å². The second-order valence-electron chi connectivity index (χ2n) is 6.55. The van der Waals surface area contributed by atoms with Gasteiger partial charge in [-0.15, -0.1) is 0 Å². The molecule has 2 fully saturated rings. The molecular formula is C18H23BrO. The number of hydrogen-bond acceptors (Lipinski definition) is 1. The zero-order valence-electron chi connectivity index (χ0n) is 12.0. The molecule has 0 N–H and O–H groups in total. The number of Topliss-reactive ketones (excluding diaryl/α,β-unsaturated/α-hetero) is 1. The van der Waals surface area contributed by atoms with Crippen molar-refractivity contribution < 1.29 is 4.79 Å². The molecule has 0 aromatic heterocycles. The zero-order valence-corrected chi connectivity index (χ0v) is 13.6. The molecular weight excluding hydrogens is 312 g/mol. The summed E-state index contributed by atoms with van der Waals surface area (Å²) < 4.78 is 1.07. The summed E-state index contributed by atoms with van der Waals surface area (Å²) in [5, 5.41) is 0. The van der Waals surface area contributed by atoms with Crippen LogP contribution in [-0.2, 0) is 11.2 Å². The summed E-state index contributed by atoms with van der Waals surface area (Å²) in [6.45, 7) is 0. The predicted molar refractivity (Wildman–Crippen MR) is 85.6 cm³/mol. The van der Waals surface area contributed by atoms with E-state index in [1.165, 1.54) is 32.1 Å². The van der Waals surface area contributed by atoms with E-state index in [2.05, 4.69) is 22.0 Å². The van der Waals surface area contributed by atoms with Gasteiger partial charge in [0.2, 0.25) is 0 Å². The third kappa shape index (κ3) is 3.16. The molecule has 2 aliphatic carbocycles. The molecule has 0 heterocycles. The van der Waals surface area contributed by atoms with Crippen molar-refractivity contribution in [2.45, 2.75) is 51.4 Å². The molecule has 3 atom stereocenters. The van der Waals surface area contributed by atoms with Crippen LogP contribution in [-0.4, -0.2) is 5.78 Å². The highest BCUT2D eigenvalue weighted by Gasteiger charge is 2.34. The Morgan fingerprint density at radius 3 is 2.60 bits per heavy atom. The molecule has 2 aliphatic rings. The summed E-state index contributed by atoms with van der Waals surface area (Å²) in [6, 6.07) is 8.12. The summed E-state index contributed by atoms with van der Waals surface area (Å²) in [7, 11) is 0. The van der Waals surface area contributed by atoms with Gasteiger partial charge in [0.05, 0.1) is 0 Å². The van der Waals surface area contributed by atoms with Gasteiger partial charge in [-0.05, 0) is 42.7 Å². The van der Waals surface area contributed by atoms with Gasteiger partial charge in [-0.1, -0.05) is 59.8 Å². The van der Waals surface area contributed by atoms with Gasteiger partial charge in [-0.25, -0.2) is 0 Å². The van der Waals surface area contributed by atoms with Crippen LogP contribution in [0.15, 0.2) is 28.7 Å². The molecule has 0 spiro atoms. The monoisotopic (exact) mass is 334 g/mol. The first kappa shape index (κ1) is 14.3. The molecule has 0 bridgehead atoms. The number of carbonyl (C=O) groups excluding carboxylic acids is 1. The maximum absolute atomic E-state index is 12.6. The highest BCUT2D eigenvalue weighted by atomic mass is 79.9. The third-order valence-corrected chi connectivity index (χ3v) is 6.09. The van der Waals surface area contributed by atoms with Crippen LogP contribution < -0.4 is 0 Å². The lowest BCUT2D eigenvalue weighted by Crippen LogP contribution is -2.31. The van der Waals surface area contributed by atoms with E-state index < -0.39 is 0 Å². The van der Waals surface area contributed by atoms with Crippen molar-refractivity contribution in [3.8, 4) is 0 Å². The Labute approximate surface area is 130 Å². The van der Waals surface area contributed by atoms with Gasteiger partial charge in [0.1, 0.15) is 5.78 Å².